The summed E-state index contributed by atoms with van der Waals surface area (Å²) in [4.78, 5) is 0. The van der Waals surface area contributed by atoms with Gasteiger partial charge >= 0.3 is 0 Å². The summed E-state index contributed by atoms with van der Waals surface area (Å²) in [6, 6.07) is 0. The zero-order valence-electron chi connectivity index (χ0n) is 9.21. The molecule has 0 aromatic rings. The fraction of sp³-hybridized carbons (Fsp3) is 0.667. The molecular formula is C12H20. The average molecular weight is 164 g/mol. The summed E-state index contributed by atoms with van der Waals surface area (Å²) >= 11 is 0. The number of hydrogen-bond acceptors (Lipinski definition) is 0. The van der Waals surface area contributed by atoms with Gasteiger partial charge in [0.05, 0.1) is 0 Å². The highest BCUT2D eigenvalue weighted by atomic mass is 14.4. The average Bonchev–Trinajstić information content (AvgIpc) is 2.22. The van der Waals surface area contributed by atoms with Gasteiger partial charge in [-0.1, -0.05) is 25.0 Å². The van der Waals surface area contributed by atoms with Crippen molar-refractivity contribution >= 4 is 0 Å². The highest BCUT2D eigenvalue weighted by Crippen LogP contribution is 2.48. The summed E-state index contributed by atoms with van der Waals surface area (Å²) in [5.41, 5.74) is 6.52. The Morgan fingerprint density at radius 2 is 1.25 bits per heavy atom. The SMILES string of the molecule is CCC1(C)C(C)=C(C)C(C)=C1C. The van der Waals surface area contributed by atoms with E-state index < -0.39 is 0 Å². The van der Waals surface area contributed by atoms with E-state index in [1.54, 1.807) is 11.1 Å². The molecule has 0 saturated carbocycles. The van der Waals surface area contributed by atoms with E-state index in [1.165, 1.54) is 17.6 Å². The Kier molecular flexibility index (Phi) is 2.20. The van der Waals surface area contributed by atoms with E-state index in [-0.39, 0.29) is 0 Å². The third kappa shape index (κ3) is 0.972. The van der Waals surface area contributed by atoms with Gasteiger partial charge in [0.25, 0.3) is 0 Å². The van der Waals surface area contributed by atoms with Crippen molar-refractivity contribution in [1.82, 2.24) is 0 Å². The van der Waals surface area contributed by atoms with E-state index in [9.17, 15) is 0 Å². The minimum Gasteiger partial charge on any atom is -0.0642 e. The fourth-order valence-corrected chi connectivity index (χ4v) is 2.20. The van der Waals surface area contributed by atoms with Gasteiger partial charge < -0.3 is 0 Å². The summed E-state index contributed by atoms with van der Waals surface area (Å²) in [5.74, 6) is 0. The molecule has 1 aliphatic rings. The monoisotopic (exact) mass is 164 g/mol. The highest BCUT2D eigenvalue weighted by Gasteiger charge is 2.33. The summed E-state index contributed by atoms with van der Waals surface area (Å²) < 4.78 is 0. The minimum absolute atomic E-state index is 0.355. The fourth-order valence-electron chi connectivity index (χ4n) is 2.20. The Balaban J connectivity index is 3.25. The van der Waals surface area contributed by atoms with Crippen LogP contribution in [-0.2, 0) is 0 Å². The van der Waals surface area contributed by atoms with E-state index in [0.717, 1.165) is 0 Å². The number of allylic oxidation sites excluding steroid dienone is 4. The van der Waals surface area contributed by atoms with E-state index >= 15 is 0 Å². The van der Waals surface area contributed by atoms with Gasteiger partial charge in [-0.25, -0.2) is 0 Å². The molecule has 0 aromatic heterocycles. The van der Waals surface area contributed by atoms with Crippen molar-refractivity contribution in [2.24, 2.45) is 5.41 Å². The molecule has 0 bridgehead atoms. The first-order valence-electron chi connectivity index (χ1n) is 4.81. The molecule has 0 atom stereocenters. The number of rotatable bonds is 1. The van der Waals surface area contributed by atoms with Crippen molar-refractivity contribution in [2.45, 2.75) is 48.0 Å². The van der Waals surface area contributed by atoms with Crippen LogP contribution in [0.25, 0.3) is 0 Å². The molecule has 0 spiro atoms. The van der Waals surface area contributed by atoms with Crippen LogP contribution in [-0.4, -0.2) is 0 Å². The maximum atomic E-state index is 2.36. The van der Waals surface area contributed by atoms with Crippen LogP contribution in [0, 0.1) is 5.41 Å². The van der Waals surface area contributed by atoms with E-state index in [0.29, 0.717) is 5.41 Å². The maximum Gasteiger partial charge on any atom is 0.00957 e. The predicted octanol–water partition coefficient (Wildman–Crippen LogP) is 4.09. The minimum atomic E-state index is 0.355. The molecule has 0 aromatic carbocycles. The van der Waals surface area contributed by atoms with Gasteiger partial charge in [0.2, 0.25) is 0 Å². The van der Waals surface area contributed by atoms with Crippen LogP contribution in [0.3, 0.4) is 0 Å². The van der Waals surface area contributed by atoms with Crippen molar-refractivity contribution < 1.29 is 0 Å². The van der Waals surface area contributed by atoms with E-state index in [1.807, 2.05) is 0 Å². The smallest absolute Gasteiger partial charge is 0.00957 e. The van der Waals surface area contributed by atoms with Gasteiger partial charge in [0.1, 0.15) is 0 Å². The molecule has 0 saturated heterocycles. The lowest BCUT2D eigenvalue weighted by Crippen LogP contribution is -2.15. The second kappa shape index (κ2) is 2.76. The van der Waals surface area contributed by atoms with Crippen LogP contribution in [0.15, 0.2) is 22.3 Å². The van der Waals surface area contributed by atoms with Gasteiger partial charge in [-0.05, 0) is 45.3 Å². The van der Waals surface area contributed by atoms with Crippen LogP contribution < -0.4 is 0 Å². The molecule has 0 amide bonds. The number of hydrogen-bond donors (Lipinski definition) is 0. The van der Waals surface area contributed by atoms with Gasteiger partial charge in [-0.15, -0.1) is 0 Å². The zero-order chi connectivity index (χ0) is 9.52. The molecular weight excluding hydrogens is 144 g/mol. The first-order valence-corrected chi connectivity index (χ1v) is 4.81. The third-order valence-electron chi connectivity index (χ3n) is 4.05. The molecule has 0 fully saturated rings. The summed E-state index contributed by atoms with van der Waals surface area (Å²) in [6.07, 6.45) is 1.22. The quantitative estimate of drug-likeness (QED) is 0.547. The summed E-state index contributed by atoms with van der Waals surface area (Å²) in [6.45, 7) is 13.7. The lowest BCUT2D eigenvalue weighted by molar-refractivity contribution is 0.468. The third-order valence-corrected chi connectivity index (χ3v) is 4.05. The van der Waals surface area contributed by atoms with Crippen LogP contribution in [0.4, 0.5) is 0 Å². The molecule has 1 rings (SSSR count). The normalized spacial score (nSPS) is 22.5. The Bertz CT molecular complexity index is 240. The molecule has 68 valence electrons. The summed E-state index contributed by atoms with van der Waals surface area (Å²) in [5, 5.41) is 0. The highest BCUT2D eigenvalue weighted by molar-refractivity contribution is 5.49. The van der Waals surface area contributed by atoms with Crippen LogP contribution in [0.1, 0.15) is 48.0 Å². The predicted molar refractivity (Wildman–Crippen MR) is 55.1 cm³/mol. The first-order chi connectivity index (χ1) is 5.45. The molecule has 0 heterocycles. The lowest BCUT2D eigenvalue weighted by atomic mass is 9.77. The second-order valence-corrected chi connectivity index (χ2v) is 4.19. The van der Waals surface area contributed by atoms with Crippen molar-refractivity contribution in [2.75, 3.05) is 0 Å². The van der Waals surface area contributed by atoms with Gasteiger partial charge in [-0.3, -0.25) is 0 Å². The zero-order valence-corrected chi connectivity index (χ0v) is 9.21. The van der Waals surface area contributed by atoms with Crippen LogP contribution in [0.5, 0.6) is 0 Å². The van der Waals surface area contributed by atoms with Crippen LogP contribution in [0.2, 0.25) is 0 Å². The van der Waals surface area contributed by atoms with Crippen molar-refractivity contribution in [3.63, 3.8) is 0 Å². The Morgan fingerprint density at radius 3 is 1.42 bits per heavy atom. The molecule has 0 N–H and O–H groups in total. The molecule has 0 nitrogen and oxygen atoms in total. The standard InChI is InChI=1S/C12H20/c1-7-12(6)10(4)8(2)9(3)11(12)5/h7H2,1-6H3. The Hall–Kier alpha value is -0.520. The molecule has 0 heteroatoms. The topological polar surface area (TPSA) is 0 Å². The lowest BCUT2D eigenvalue weighted by Gasteiger charge is -2.27. The Morgan fingerprint density at radius 1 is 0.917 bits per heavy atom. The van der Waals surface area contributed by atoms with Crippen molar-refractivity contribution in [3.05, 3.63) is 22.3 Å². The largest absolute Gasteiger partial charge is 0.0642 e. The Labute approximate surface area is 76.4 Å². The van der Waals surface area contributed by atoms with Crippen molar-refractivity contribution in [1.29, 1.82) is 0 Å². The molecule has 0 aliphatic heterocycles. The van der Waals surface area contributed by atoms with E-state index in [4.69, 9.17) is 0 Å². The maximum absolute atomic E-state index is 2.36. The first kappa shape index (κ1) is 9.57. The molecule has 0 unspecified atom stereocenters. The van der Waals surface area contributed by atoms with Crippen LogP contribution >= 0.6 is 0 Å². The van der Waals surface area contributed by atoms with E-state index in [2.05, 4.69) is 41.5 Å². The summed E-state index contributed by atoms with van der Waals surface area (Å²) in [7, 11) is 0. The molecule has 0 radical (unpaired) electrons. The van der Waals surface area contributed by atoms with Gasteiger partial charge in [0, 0.05) is 5.41 Å². The van der Waals surface area contributed by atoms with Crippen molar-refractivity contribution in [3.8, 4) is 0 Å². The van der Waals surface area contributed by atoms with Gasteiger partial charge in [0.15, 0.2) is 0 Å². The molecule has 1 aliphatic carbocycles. The second-order valence-electron chi connectivity index (χ2n) is 4.19. The van der Waals surface area contributed by atoms with Gasteiger partial charge in [-0.2, -0.15) is 0 Å². The molecule has 12 heavy (non-hydrogen) atoms.